The van der Waals surface area contributed by atoms with E-state index in [2.05, 4.69) is 63.7 Å². The molecule has 3 rings (SSSR count). The van der Waals surface area contributed by atoms with Crippen molar-refractivity contribution in [1.29, 1.82) is 0 Å². The lowest BCUT2D eigenvalue weighted by molar-refractivity contribution is -0.134. The quantitative estimate of drug-likeness (QED) is 0.297. The highest BCUT2D eigenvalue weighted by molar-refractivity contribution is 5.82. The summed E-state index contributed by atoms with van der Waals surface area (Å²) < 4.78 is 12.5. The first kappa shape index (κ1) is 25.3. The molecule has 1 aromatic heterocycles. The first-order chi connectivity index (χ1) is 16.6. The van der Waals surface area contributed by atoms with Crippen molar-refractivity contribution in [3.8, 4) is 5.75 Å². The zero-order valence-corrected chi connectivity index (χ0v) is 20.7. The van der Waals surface area contributed by atoms with Crippen molar-refractivity contribution in [3.63, 3.8) is 0 Å². The number of hydrogen-bond donors (Lipinski definition) is 1. The van der Waals surface area contributed by atoms with Crippen LogP contribution in [0.25, 0.3) is 11.0 Å². The van der Waals surface area contributed by atoms with Gasteiger partial charge >= 0.3 is 5.97 Å². The van der Waals surface area contributed by atoms with Gasteiger partial charge in [0.25, 0.3) is 0 Å². The number of likely N-dealkylation sites (N-methyl/N-ethyl adjacent to an activating group) is 1. The Labute approximate surface area is 202 Å². The van der Waals surface area contributed by atoms with Crippen molar-refractivity contribution >= 4 is 22.7 Å². The van der Waals surface area contributed by atoms with Gasteiger partial charge in [-0.1, -0.05) is 32.1 Å². The van der Waals surface area contributed by atoms with E-state index in [0.717, 1.165) is 60.9 Å². The Hall–Kier alpha value is -3.32. The molecule has 0 spiro atoms. The molecule has 0 aliphatic carbocycles. The van der Waals surface area contributed by atoms with Gasteiger partial charge in [-0.3, -0.25) is 0 Å². The Kier molecular flexibility index (Phi) is 9.52. The van der Waals surface area contributed by atoms with E-state index in [1.54, 1.807) is 6.08 Å². The zero-order valence-electron chi connectivity index (χ0n) is 20.7. The topological polar surface area (TPSA) is 68.6 Å². The molecule has 0 aliphatic heterocycles. The number of esters is 1. The van der Waals surface area contributed by atoms with Crippen LogP contribution >= 0.6 is 0 Å². The summed E-state index contributed by atoms with van der Waals surface area (Å²) in [5.74, 6) is 1.58. The zero-order chi connectivity index (χ0) is 24.3. The van der Waals surface area contributed by atoms with Gasteiger partial charge in [0, 0.05) is 37.8 Å². The van der Waals surface area contributed by atoms with Crippen molar-refractivity contribution in [2.24, 2.45) is 0 Å². The van der Waals surface area contributed by atoms with Gasteiger partial charge in [0.15, 0.2) is 0 Å². The van der Waals surface area contributed by atoms with E-state index in [0.29, 0.717) is 13.2 Å². The van der Waals surface area contributed by atoms with Gasteiger partial charge in [-0.05, 0) is 55.9 Å². The third kappa shape index (κ3) is 6.84. The van der Waals surface area contributed by atoms with Crippen molar-refractivity contribution in [1.82, 2.24) is 14.5 Å². The third-order valence-corrected chi connectivity index (χ3v) is 5.84. The minimum atomic E-state index is -0.358. The summed E-state index contributed by atoms with van der Waals surface area (Å²) in [6.07, 6.45) is 3.92. The molecule has 7 heteroatoms. The lowest BCUT2D eigenvalue weighted by atomic mass is 10.1. The molecule has 0 saturated heterocycles. The molecule has 7 nitrogen and oxygen atoms in total. The fourth-order valence-electron chi connectivity index (χ4n) is 3.91. The molecule has 1 N–H and O–H groups in total. The van der Waals surface area contributed by atoms with Crippen LogP contribution in [0.5, 0.6) is 5.75 Å². The van der Waals surface area contributed by atoms with E-state index in [9.17, 15) is 4.79 Å². The second kappa shape index (κ2) is 12.8. The normalized spacial score (nSPS) is 11.4. The molecule has 0 aliphatic rings. The molecule has 2 aromatic carbocycles. The van der Waals surface area contributed by atoms with Crippen LogP contribution < -0.4 is 10.1 Å². The Balaban J connectivity index is 1.84. The largest absolute Gasteiger partial charge is 0.494 e. The molecule has 0 fully saturated rings. The highest BCUT2D eigenvalue weighted by atomic mass is 16.5. The Morgan fingerprint density at radius 3 is 2.56 bits per heavy atom. The number of rotatable bonds is 13. The Morgan fingerprint density at radius 1 is 1.12 bits per heavy atom. The third-order valence-electron chi connectivity index (χ3n) is 5.84. The number of ether oxygens (including phenoxy) is 2. The van der Waals surface area contributed by atoms with Crippen molar-refractivity contribution in [3.05, 3.63) is 66.0 Å². The molecule has 0 atom stereocenters. The van der Waals surface area contributed by atoms with E-state index in [1.165, 1.54) is 18.7 Å². The van der Waals surface area contributed by atoms with E-state index >= 15 is 0 Å². The summed E-state index contributed by atoms with van der Waals surface area (Å²) >= 11 is 0. The number of methoxy groups -OCH3 is 1. The first-order valence-corrected chi connectivity index (χ1v) is 12.0. The number of nitrogens with one attached hydrogen (secondary N) is 1. The van der Waals surface area contributed by atoms with Gasteiger partial charge < -0.3 is 24.3 Å². The molecule has 0 radical (unpaired) electrons. The van der Waals surface area contributed by atoms with Crippen LogP contribution in [0.1, 0.15) is 32.2 Å². The number of fused-ring (bicyclic) bond motifs is 1. The maximum Gasteiger partial charge on any atom is 0.330 e. The van der Waals surface area contributed by atoms with Crippen LogP contribution in [-0.4, -0.2) is 60.3 Å². The average molecular weight is 465 g/mol. The molecule has 0 bridgehead atoms. The molecule has 0 saturated carbocycles. The lowest BCUT2D eigenvalue weighted by Crippen LogP contribution is -2.27. The fourth-order valence-corrected chi connectivity index (χ4v) is 3.91. The molecule has 3 aromatic rings. The number of carbonyl (C=O) groups is 1. The van der Waals surface area contributed by atoms with Crippen LogP contribution in [0.3, 0.4) is 0 Å². The summed E-state index contributed by atoms with van der Waals surface area (Å²) in [5, 5.41) is 3.32. The van der Waals surface area contributed by atoms with Gasteiger partial charge in [-0.25, -0.2) is 9.78 Å². The van der Waals surface area contributed by atoms with Gasteiger partial charge in [0.05, 0.1) is 24.8 Å². The van der Waals surface area contributed by atoms with Crippen LogP contribution in [0.4, 0.5) is 5.69 Å². The number of aromatic nitrogens is 2. The lowest BCUT2D eigenvalue weighted by Gasteiger charge is -2.19. The minimum Gasteiger partial charge on any atom is -0.494 e. The fraction of sp³-hybridized carbons (Fsp3) is 0.407. The van der Waals surface area contributed by atoms with Crippen molar-refractivity contribution in [2.75, 3.05) is 45.2 Å². The number of nitrogens with zero attached hydrogens (tertiary/aromatic N) is 3. The average Bonchev–Trinajstić information content (AvgIpc) is 3.19. The smallest absolute Gasteiger partial charge is 0.330 e. The predicted molar refractivity (Wildman–Crippen MR) is 138 cm³/mol. The standard InChI is InChI=1S/C27H36N4O3/c1-5-30(6-2)17-18-31-25-15-12-22(28-16-8-9-27(32)33-4)20-24(25)29-26(31)19-21-10-13-23(14-11-21)34-7-3/h8-15,20,28H,5-7,16-19H2,1-4H3/b9-8-. The minimum absolute atomic E-state index is 0.358. The second-order valence-corrected chi connectivity index (χ2v) is 7.97. The maximum atomic E-state index is 11.2. The number of hydrogen-bond acceptors (Lipinski definition) is 6. The molecule has 182 valence electrons. The predicted octanol–water partition coefficient (Wildman–Crippen LogP) is 4.51. The number of benzene rings is 2. The van der Waals surface area contributed by atoms with Crippen LogP contribution in [-0.2, 0) is 22.5 Å². The molecule has 0 unspecified atom stereocenters. The first-order valence-electron chi connectivity index (χ1n) is 12.0. The molecular weight excluding hydrogens is 428 g/mol. The van der Waals surface area contributed by atoms with Gasteiger partial charge in [-0.15, -0.1) is 0 Å². The van der Waals surface area contributed by atoms with Gasteiger partial charge in [0.1, 0.15) is 11.6 Å². The maximum absolute atomic E-state index is 11.2. The van der Waals surface area contributed by atoms with Gasteiger partial charge in [-0.2, -0.15) is 0 Å². The second-order valence-electron chi connectivity index (χ2n) is 7.97. The van der Waals surface area contributed by atoms with E-state index < -0.39 is 0 Å². The summed E-state index contributed by atoms with van der Waals surface area (Å²) in [7, 11) is 1.37. The van der Waals surface area contributed by atoms with Crippen LogP contribution in [0, 0.1) is 0 Å². The molecular formula is C27H36N4O3. The summed E-state index contributed by atoms with van der Waals surface area (Å²) in [4.78, 5) is 18.7. The van der Waals surface area contributed by atoms with Crippen LogP contribution in [0.15, 0.2) is 54.6 Å². The molecule has 34 heavy (non-hydrogen) atoms. The number of anilines is 1. The van der Waals surface area contributed by atoms with Gasteiger partial charge in [0.2, 0.25) is 0 Å². The Morgan fingerprint density at radius 2 is 1.88 bits per heavy atom. The number of imidazole rings is 1. The highest BCUT2D eigenvalue weighted by Crippen LogP contribution is 2.23. The van der Waals surface area contributed by atoms with E-state index in [-0.39, 0.29) is 5.97 Å². The molecule has 1 heterocycles. The Bertz CT molecular complexity index is 1090. The van der Waals surface area contributed by atoms with Crippen molar-refractivity contribution < 1.29 is 14.3 Å². The summed E-state index contributed by atoms with van der Waals surface area (Å²) in [5.41, 5.74) is 4.25. The van der Waals surface area contributed by atoms with E-state index in [1.807, 2.05) is 19.1 Å². The number of carbonyl (C=O) groups excluding carboxylic acids is 1. The highest BCUT2D eigenvalue weighted by Gasteiger charge is 2.13. The SMILES string of the molecule is CCOc1ccc(Cc2nc3cc(NC/C=C\C(=O)OC)ccc3n2CCN(CC)CC)cc1. The van der Waals surface area contributed by atoms with Crippen LogP contribution in [0.2, 0.25) is 0 Å². The molecule has 0 amide bonds. The monoisotopic (exact) mass is 464 g/mol. The van der Waals surface area contributed by atoms with E-state index in [4.69, 9.17) is 9.72 Å². The van der Waals surface area contributed by atoms with Crippen molar-refractivity contribution in [2.45, 2.75) is 33.7 Å². The summed E-state index contributed by atoms with van der Waals surface area (Å²) in [6.45, 7) is 11.5. The summed E-state index contributed by atoms with van der Waals surface area (Å²) in [6, 6.07) is 14.5.